The van der Waals surface area contributed by atoms with Gasteiger partial charge in [-0.15, -0.1) is 0 Å². The van der Waals surface area contributed by atoms with E-state index in [9.17, 15) is 9.59 Å². The van der Waals surface area contributed by atoms with E-state index in [1.807, 2.05) is 26.0 Å². The maximum Gasteiger partial charge on any atom is 0.229 e. The van der Waals surface area contributed by atoms with Crippen LogP contribution in [0.2, 0.25) is 0 Å². The molecule has 2 aromatic rings. The molecule has 1 atom stereocenters. The molecule has 1 aromatic heterocycles. The topological polar surface area (TPSA) is 87.2 Å². The summed E-state index contributed by atoms with van der Waals surface area (Å²) in [6.07, 6.45) is 5.69. The summed E-state index contributed by atoms with van der Waals surface area (Å²) in [6.45, 7) is 5.49. The maximum absolute atomic E-state index is 12.7. The third-order valence-electron chi connectivity index (χ3n) is 4.66. The van der Waals surface area contributed by atoms with Crippen molar-refractivity contribution in [2.45, 2.75) is 33.1 Å². The van der Waals surface area contributed by atoms with Gasteiger partial charge in [0.25, 0.3) is 0 Å². The monoisotopic (exact) mass is 381 g/mol. The number of amides is 2. The lowest BCUT2D eigenvalue weighted by Gasteiger charge is -2.31. The van der Waals surface area contributed by atoms with Gasteiger partial charge in [-0.3, -0.25) is 9.59 Å². The number of benzene rings is 1. The van der Waals surface area contributed by atoms with Crippen LogP contribution in [0, 0.1) is 11.8 Å². The van der Waals surface area contributed by atoms with Gasteiger partial charge in [0.15, 0.2) is 0 Å². The highest BCUT2D eigenvalue weighted by atomic mass is 16.2. The molecule has 148 valence electrons. The predicted molar refractivity (Wildman–Crippen MR) is 110 cm³/mol. The van der Waals surface area contributed by atoms with Crippen LogP contribution >= 0.6 is 0 Å². The molecule has 7 nitrogen and oxygen atoms in total. The summed E-state index contributed by atoms with van der Waals surface area (Å²) >= 11 is 0. The van der Waals surface area contributed by atoms with Gasteiger partial charge in [0.05, 0.1) is 5.92 Å². The van der Waals surface area contributed by atoms with Crippen molar-refractivity contribution in [2.75, 3.05) is 28.6 Å². The molecule has 0 radical (unpaired) electrons. The van der Waals surface area contributed by atoms with Crippen LogP contribution in [0.4, 0.5) is 17.3 Å². The van der Waals surface area contributed by atoms with Gasteiger partial charge in [-0.25, -0.2) is 9.97 Å². The summed E-state index contributed by atoms with van der Waals surface area (Å²) in [4.78, 5) is 35.1. The van der Waals surface area contributed by atoms with Crippen molar-refractivity contribution >= 4 is 29.1 Å². The number of anilines is 3. The summed E-state index contributed by atoms with van der Waals surface area (Å²) in [5, 5.41) is 5.85. The minimum absolute atomic E-state index is 0.00257. The lowest BCUT2D eigenvalue weighted by Crippen LogP contribution is -2.41. The molecule has 2 amide bonds. The first kappa shape index (κ1) is 19.8. The average Bonchev–Trinajstić information content (AvgIpc) is 2.69. The number of hydrogen-bond donors (Lipinski definition) is 2. The Morgan fingerprint density at radius 2 is 1.75 bits per heavy atom. The fraction of sp³-hybridized carbons (Fsp3) is 0.429. The summed E-state index contributed by atoms with van der Waals surface area (Å²) in [7, 11) is 0. The molecule has 2 heterocycles. The molecule has 2 N–H and O–H groups in total. The van der Waals surface area contributed by atoms with Crippen molar-refractivity contribution in [3.63, 3.8) is 0 Å². The van der Waals surface area contributed by atoms with E-state index in [4.69, 9.17) is 0 Å². The number of carbonyl (C=O) groups excluding carboxylic acids is 2. The standard InChI is InChI=1S/C21H27N5O2/c1-15(2)13-19(27)24-17-6-8-18(9-7-17)25-20(28)16-5-3-12-26(14-16)21-22-10-4-11-23-21/h4,6-11,15-16H,3,5,12-14H2,1-2H3,(H,24,27)(H,25,28). The fourth-order valence-corrected chi connectivity index (χ4v) is 3.29. The van der Waals surface area contributed by atoms with Crippen LogP contribution in [-0.4, -0.2) is 34.9 Å². The van der Waals surface area contributed by atoms with Crippen molar-refractivity contribution < 1.29 is 9.59 Å². The maximum atomic E-state index is 12.7. The van der Waals surface area contributed by atoms with E-state index in [2.05, 4.69) is 25.5 Å². The fourth-order valence-electron chi connectivity index (χ4n) is 3.29. The third-order valence-corrected chi connectivity index (χ3v) is 4.66. The number of nitrogens with zero attached hydrogens (tertiary/aromatic N) is 3. The lowest BCUT2D eigenvalue weighted by molar-refractivity contribution is -0.120. The van der Waals surface area contributed by atoms with Crippen LogP contribution in [0.5, 0.6) is 0 Å². The van der Waals surface area contributed by atoms with Gasteiger partial charge in [-0.1, -0.05) is 13.8 Å². The Morgan fingerprint density at radius 3 is 2.39 bits per heavy atom. The van der Waals surface area contributed by atoms with Gasteiger partial charge in [-0.2, -0.15) is 0 Å². The predicted octanol–water partition coefficient (Wildman–Crippen LogP) is 3.32. The van der Waals surface area contributed by atoms with Crippen LogP contribution in [0.1, 0.15) is 33.1 Å². The highest BCUT2D eigenvalue weighted by molar-refractivity contribution is 5.94. The van der Waals surface area contributed by atoms with Gasteiger partial charge in [0, 0.05) is 43.3 Å². The van der Waals surface area contributed by atoms with Gasteiger partial charge >= 0.3 is 0 Å². The molecule has 0 spiro atoms. The SMILES string of the molecule is CC(C)CC(=O)Nc1ccc(NC(=O)C2CCCN(c3ncccn3)C2)cc1. The Morgan fingerprint density at radius 1 is 1.11 bits per heavy atom. The summed E-state index contributed by atoms with van der Waals surface area (Å²) in [5.41, 5.74) is 1.45. The quantitative estimate of drug-likeness (QED) is 0.801. The van der Waals surface area contributed by atoms with Gasteiger partial charge < -0.3 is 15.5 Å². The van der Waals surface area contributed by atoms with E-state index in [1.165, 1.54) is 0 Å². The first-order chi connectivity index (χ1) is 13.5. The molecule has 7 heteroatoms. The van der Waals surface area contributed by atoms with Gasteiger partial charge in [0.2, 0.25) is 17.8 Å². The number of rotatable bonds is 6. The van der Waals surface area contributed by atoms with E-state index >= 15 is 0 Å². The van der Waals surface area contributed by atoms with Gasteiger partial charge in [-0.05, 0) is 49.1 Å². The first-order valence-electron chi connectivity index (χ1n) is 9.74. The molecule has 0 aliphatic carbocycles. The molecule has 1 aliphatic rings. The Bertz CT molecular complexity index is 792. The van der Waals surface area contributed by atoms with Crippen LogP contribution in [0.15, 0.2) is 42.7 Å². The number of piperidine rings is 1. The molecule has 3 rings (SSSR count). The lowest BCUT2D eigenvalue weighted by atomic mass is 9.97. The first-order valence-corrected chi connectivity index (χ1v) is 9.74. The Labute approximate surface area is 165 Å². The molecule has 1 unspecified atom stereocenters. The second-order valence-corrected chi connectivity index (χ2v) is 7.55. The van der Waals surface area contributed by atoms with Crippen LogP contribution < -0.4 is 15.5 Å². The summed E-state index contributed by atoms with van der Waals surface area (Å²) in [5.74, 6) is 0.869. The Kier molecular flexibility index (Phi) is 6.57. The molecule has 1 saturated heterocycles. The van der Waals surface area contributed by atoms with Crippen molar-refractivity contribution in [1.29, 1.82) is 0 Å². The van der Waals surface area contributed by atoms with Crippen molar-refractivity contribution in [3.05, 3.63) is 42.7 Å². The molecular weight excluding hydrogens is 354 g/mol. The number of carbonyl (C=O) groups is 2. The Balaban J connectivity index is 1.54. The number of nitrogens with one attached hydrogen (secondary N) is 2. The zero-order valence-corrected chi connectivity index (χ0v) is 16.4. The minimum atomic E-state index is -0.108. The number of aromatic nitrogens is 2. The van der Waals surface area contributed by atoms with Crippen molar-refractivity contribution in [2.24, 2.45) is 11.8 Å². The Hall–Kier alpha value is -2.96. The van der Waals surface area contributed by atoms with Crippen LogP contribution in [0.25, 0.3) is 0 Å². The highest BCUT2D eigenvalue weighted by Gasteiger charge is 2.27. The summed E-state index contributed by atoms with van der Waals surface area (Å²) < 4.78 is 0. The van der Waals surface area contributed by atoms with E-state index in [1.54, 1.807) is 30.6 Å². The zero-order chi connectivity index (χ0) is 19.9. The molecule has 1 aliphatic heterocycles. The third kappa shape index (κ3) is 5.52. The van der Waals surface area contributed by atoms with Crippen molar-refractivity contribution in [1.82, 2.24) is 9.97 Å². The van der Waals surface area contributed by atoms with Crippen LogP contribution in [0.3, 0.4) is 0 Å². The second-order valence-electron chi connectivity index (χ2n) is 7.55. The second kappa shape index (κ2) is 9.30. The smallest absolute Gasteiger partial charge is 0.229 e. The highest BCUT2D eigenvalue weighted by Crippen LogP contribution is 2.22. The van der Waals surface area contributed by atoms with E-state index in [0.29, 0.717) is 24.8 Å². The van der Waals surface area contributed by atoms with E-state index < -0.39 is 0 Å². The van der Waals surface area contributed by atoms with E-state index in [-0.39, 0.29) is 17.7 Å². The normalized spacial score (nSPS) is 16.7. The summed E-state index contributed by atoms with van der Waals surface area (Å²) in [6, 6.07) is 9.01. The minimum Gasteiger partial charge on any atom is -0.340 e. The number of hydrogen-bond acceptors (Lipinski definition) is 5. The van der Waals surface area contributed by atoms with Crippen molar-refractivity contribution in [3.8, 4) is 0 Å². The van der Waals surface area contributed by atoms with Gasteiger partial charge in [0.1, 0.15) is 0 Å². The molecule has 28 heavy (non-hydrogen) atoms. The molecule has 1 aromatic carbocycles. The van der Waals surface area contributed by atoms with Crippen LogP contribution in [-0.2, 0) is 9.59 Å². The molecule has 0 bridgehead atoms. The zero-order valence-electron chi connectivity index (χ0n) is 16.4. The average molecular weight is 381 g/mol. The largest absolute Gasteiger partial charge is 0.340 e. The molecule has 1 fully saturated rings. The molecule has 0 saturated carbocycles. The van der Waals surface area contributed by atoms with E-state index in [0.717, 1.165) is 30.8 Å². The molecular formula is C21H27N5O2.